The summed E-state index contributed by atoms with van der Waals surface area (Å²) >= 11 is 0. The number of carbonyl (C=O) groups is 1. The summed E-state index contributed by atoms with van der Waals surface area (Å²) in [6.07, 6.45) is 2.46. The third-order valence-corrected chi connectivity index (χ3v) is 1.96. The quantitative estimate of drug-likeness (QED) is 0.720. The average molecular weight is 235 g/mol. The van der Waals surface area contributed by atoms with E-state index in [0.29, 0.717) is 17.1 Å². The Labute approximate surface area is 100 Å². The van der Waals surface area contributed by atoms with Gasteiger partial charge in [0.05, 0.1) is 19.2 Å². The number of carbonyl (C=O) groups excluding carboxylic acids is 1. The summed E-state index contributed by atoms with van der Waals surface area (Å²) < 4.78 is 10.7. The van der Waals surface area contributed by atoms with Gasteiger partial charge in [0.2, 0.25) is 0 Å². The van der Waals surface area contributed by atoms with Crippen molar-refractivity contribution in [2.75, 3.05) is 7.11 Å². The van der Waals surface area contributed by atoms with E-state index in [1.807, 2.05) is 13.8 Å². The van der Waals surface area contributed by atoms with Crippen molar-refractivity contribution < 1.29 is 19.4 Å². The van der Waals surface area contributed by atoms with Gasteiger partial charge in [-0.2, -0.15) is 0 Å². The highest BCUT2D eigenvalue weighted by Crippen LogP contribution is 2.29. The van der Waals surface area contributed by atoms with Crippen LogP contribution in [0, 0.1) is 0 Å². The van der Waals surface area contributed by atoms with Gasteiger partial charge in [-0.3, -0.25) is 0 Å². The minimum Gasteiger partial charge on any atom is -0.545 e. The van der Waals surface area contributed by atoms with Crippen LogP contribution in [0.4, 0.5) is 0 Å². The molecule has 0 amide bonds. The topological polar surface area (TPSA) is 58.6 Å². The van der Waals surface area contributed by atoms with Crippen molar-refractivity contribution in [3.63, 3.8) is 0 Å². The molecule has 4 heteroatoms. The van der Waals surface area contributed by atoms with Gasteiger partial charge >= 0.3 is 0 Å². The van der Waals surface area contributed by atoms with E-state index in [2.05, 4.69) is 0 Å². The van der Waals surface area contributed by atoms with E-state index in [1.54, 1.807) is 18.2 Å². The molecule has 0 unspecified atom stereocenters. The van der Waals surface area contributed by atoms with E-state index in [4.69, 9.17) is 9.47 Å². The van der Waals surface area contributed by atoms with E-state index < -0.39 is 5.97 Å². The molecule has 4 nitrogen and oxygen atoms in total. The van der Waals surface area contributed by atoms with Crippen LogP contribution in [-0.2, 0) is 4.79 Å². The maximum atomic E-state index is 10.3. The molecule has 0 atom stereocenters. The lowest BCUT2D eigenvalue weighted by Gasteiger charge is -2.13. The molecule has 0 bridgehead atoms. The zero-order valence-corrected chi connectivity index (χ0v) is 10.1. The fraction of sp³-hybridized carbons (Fsp3) is 0.308. The zero-order chi connectivity index (χ0) is 12.8. The summed E-state index contributed by atoms with van der Waals surface area (Å²) in [5.74, 6) is -0.0289. The lowest BCUT2D eigenvalue weighted by atomic mass is 10.2. The van der Waals surface area contributed by atoms with Gasteiger partial charge in [-0.15, -0.1) is 0 Å². The minimum absolute atomic E-state index is 0.0495. The summed E-state index contributed by atoms with van der Waals surface area (Å²) in [6, 6.07) is 5.20. The van der Waals surface area contributed by atoms with Crippen molar-refractivity contribution in [3.05, 3.63) is 29.8 Å². The normalized spacial score (nSPS) is 10.8. The molecule has 0 saturated heterocycles. The fourth-order valence-corrected chi connectivity index (χ4v) is 1.30. The Bertz CT molecular complexity index is 421. The lowest BCUT2D eigenvalue weighted by Crippen LogP contribution is -2.18. The monoisotopic (exact) mass is 235 g/mol. The van der Waals surface area contributed by atoms with Crippen molar-refractivity contribution >= 4 is 12.0 Å². The number of methoxy groups -OCH3 is 1. The molecule has 0 radical (unpaired) electrons. The van der Waals surface area contributed by atoms with E-state index in [0.717, 1.165) is 6.08 Å². The number of carboxylic acid groups (broad SMARTS) is 1. The van der Waals surface area contributed by atoms with Crippen LogP contribution < -0.4 is 14.6 Å². The smallest absolute Gasteiger partial charge is 0.161 e. The van der Waals surface area contributed by atoms with Gasteiger partial charge in [0.15, 0.2) is 11.5 Å². The molecule has 0 fully saturated rings. The number of hydrogen-bond donors (Lipinski definition) is 0. The molecular weight excluding hydrogens is 220 g/mol. The number of aliphatic carboxylic acids is 1. The van der Waals surface area contributed by atoms with E-state index >= 15 is 0 Å². The second-order valence-electron chi connectivity index (χ2n) is 3.73. The first-order valence-corrected chi connectivity index (χ1v) is 5.26. The summed E-state index contributed by atoms with van der Waals surface area (Å²) in [5, 5.41) is 10.3. The summed E-state index contributed by atoms with van der Waals surface area (Å²) in [5.41, 5.74) is 0.710. The molecule has 0 aromatic heterocycles. The SMILES string of the molecule is COc1cc(/C=C\C(=O)[O-])ccc1OC(C)C. The third kappa shape index (κ3) is 4.18. The molecule has 92 valence electrons. The van der Waals surface area contributed by atoms with Gasteiger partial charge in [0.25, 0.3) is 0 Å². The molecule has 1 aromatic rings. The summed E-state index contributed by atoms with van der Waals surface area (Å²) in [4.78, 5) is 10.3. The highest BCUT2D eigenvalue weighted by molar-refractivity contribution is 5.83. The molecule has 0 aliphatic rings. The largest absolute Gasteiger partial charge is 0.545 e. The van der Waals surface area contributed by atoms with E-state index in [9.17, 15) is 9.90 Å². The van der Waals surface area contributed by atoms with Gasteiger partial charge in [0, 0.05) is 0 Å². The van der Waals surface area contributed by atoms with Gasteiger partial charge in [0.1, 0.15) is 0 Å². The van der Waals surface area contributed by atoms with Crippen molar-refractivity contribution in [3.8, 4) is 11.5 Å². The molecule has 0 aliphatic carbocycles. The molecule has 1 rings (SSSR count). The first-order chi connectivity index (χ1) is 8.02. The van der Waals surface area contributed by atoms with Crippen LogP contribution in [0.25, 0.3) is 6.08 Å². The van der Waals surface area contributed by atoms with Crippen LogP contribution in [0.1, 0.15) is 19.4 Å². The zero-order valence-electron chi connectivity index (χ0n) is 10.1. The van der Waals surface area contributed by atoms with Crippen LogP contribution in [0.2, 0.25) is 0 Å². The molecule has 0 heterocycles. The van der Waals surface area contributed by atoms with Crippen molar-refractivity contribution in [2.24, 2.45) is 0 Å². The summed E-state index contributed by atoms with van der Waals surface area (Å²) in [7, 11) is 1.54. The van der Waals surface area contributed by atoms with E-state index in [-0.39, 0.29) is 6.10 Å². The summed E-state index contributed by atoms with van der Waals surface area (Å²) in [6.45, 7) is 3.84. The molecule has 0 spiro atoms. The first kappa shape index (κ1) is 13.1. The fourth-order valence-electron chi connectivity index (χ4n) is 1.30. The molecule has 1 aromatic carbocycles. The average Bonchev–Trinajstić information content (AvgIpc) is 2.26. The standard InChI is InChI=1S/C13H16O4/c1-9(2)17-11-6-4-10(5-7-13(14)15)8-12(11)16-3/h4-9H,1-3H3,(H,14,15)/p-1/b7-5-. The predicted octanol–water partition coefficient (Wildman–Crippen LogP) is 1.25. The first-order valence-electron chi connectivity index (χ1n) is 5.26. The number of hydrogen-bond acceptors (Lipinski definition) is 4. The van der Waals surface area contributed by atoms with Crippen LogP contribution in [0.15, 0.2) is 24.3 Å². The van der Waals surface area contributed by atoms with Crippen molar-refractivity contribution in [2.45, 2.75) is 20.0 Å². The maximum Gasteiger partial charge on any atom is 0.161 e. The number of ether oxygens (including phenoxy) is 2. The van der Waals surface area contributed by atoms with Gasteiger partial charge in [-0.05, 0) is 37.6 Å². The Balaban J connectivity index is 2.95. The minimum atomic E-state index is -1.23. The van der Waals surface area contributed by atoms with Crippen molar-refractivity contribution in [1.82, 2.24) is 0 Å². The number of rotatable bonds is 5. The molecule has 0 aliphatic heterocycles. The Morgan fingerprint density at radius 2 is 2.06 bits per heavy atom. The molecular formula is C13H15O4-. The highest BCUT2D eigenvalue weighted by atomic mass is 16.5. The van der Waals surface area contributed by atoms with Crippen LogP contribution in [0.3, 0.4) is 0 Å². The number of benzene rings is 1. The van der Waals surface area contributed by atoms with Gasteiger partial charge < -0.3 is 19.4 Å². The van der Waals surface area contributed by atoms with Crippen LogP contribution in [0.5, 0.6) is 11.5 Å². The second kappa shape index (κ2) is 5.94. The van der Waals surface area contributed by atoms with E-state index in [1.165, 1.54) is 13.2 Å². The Hall–Kier alpha value is -1.97. The molecule has 17 heavy (non-hydrogen) atoms. The third-order valence-electron chi connectivity index (χ3n) is 1.96. The van der Waals surface area contributed by atoms with Gasteiger partial charge in [-0.1, -0.05) is 12.1 Å². The highest BCUT2D eigenvalue weighted by Gasteiger charge is 2.06. The number of carboxylic acids is 1. The van der Waals surface area contributed by atoms with Crippen LogP contribution in [-0.4, -0.2) is 19.2 Å². The molecule has 0 saturated carbocycles. The van der Waals surface area contributed by atoms with Crippen molar-refractivity contribution in [1.29, 1.82) is 0 Å². The van der Waals surface area contributed by atoms with Gasteiger partial charge in [-0.25, -0.2) is 0 Å². The predicted molar refractivity (Wildman–Crippen MR) is 62.8 cm³/mol. The Kier molecular flexibility index (Phi) is 4.57. The second-order valence-corrected chi connectivity index (χ2v) is 3.73. The van der Waals surface area contributed by atoms with Crippen LogP contribution >= 0.6 is 0 Å². The Morgan fingerprint density at radius 3 is 2.59 bits per heavy atom. The lowest BCUT2D eigenvalue weighted by molar-refractivity contribution is -0.297. The Morgan fingerprint density at radius 1 is 1.35 bits per heavy atom. The molecule has 0 N–H and O–H groups in total. The maximum absolute atomic E-state index is 10.3.